The fraction of sp³-hybridized carbons (Fsp3) is 0.333. The summed E-state index contributed by atoms with van der Waals surface area (Å²) in [6.45, 7) is 4.85. The Hall–Kier alpha value is -2.97. The average Bonchev–Trinajstić information content (AvgIpc) is 3.42. The molecule has 3 heterocycles. The Kier molecular flexibility index (Phi) is 5.80. The van der Waals surface area contributed by atoms with Crippen LogP contribution in [0.1, 0.15) is 34.7 Å². The van der Waals surface area contributed by atoms with Crippen LogP contribution in [0.15, 0.2) is 66.0 Å². The van der Waals surface area contributed by atoms with E-state index in [9.17, 15) is 4.79 Å². The zero-order chi connectivity index (χ0) is 22.1. The predicted molar refractivity (Wildman–Crippen MR) is 128 cm³/mol. The average molecular weight is 449 g/mol. The fourth-order valence-corrected chi connectivity index (χ4v) is 5.27. The molecule has 32 heavy (non-hydrogen) atoms. The smallest absolute Gasteiger partial charge is 0.230 e. The normalized spacial score (nSPS) is 23.4. The number of hydrogen-bond acceptors (Lipinski definition) is 7. The molecular formula is C24H28N6OS. The van der Waals surface area contributed by atoms with Gasteiger partial charge in [0.2, 0.25) is 5.91 Å². The highest BCUT2D eigenvalue weighted by molar-refractivity contribution is 8.14. The zero-order valence-electron chi connectivity index (χ0n) is 18.3. The van der Waals surface area contributed by atoms with Gasteiger partial charge in [0.15, 0.2) is 5.17 Å². The lowest BCUT2D eigenvalue weighted by atomic mass is 9.95. The Labute approximate surface area is 192 Å². The van der Waals surface area contributed by atoms with Gasteiger partial charge in [0.05, 0.1) is 17.8 Å². The van der Waals surface area contributed by atoms with E-state index in [1.54, 1.807) is 0 Å². The summed E-state index contributed by atoms with van der Waals surface area (Å²) in [4.78, 5) is 14.5. The van der Waals surface area contributed by atoms with Gasteiger partial charge in [-0.3, -0.25) is 10.2 Å². The third-order valence-electron chi connectivity index (χ3n) is 6.18. The van der Waals surface area contributed by atoms with Crippen molar-refractivity contribution in [2.75, 3.05) is 5.75 Å². The number of rotatable bonds is 5. The van der Waals surface area contributed by atoms with Crippen molar-refractivity contribution < 1.29 is 4.79 Å². The molecule has 0 aromatic heterocycles. The van der Waals surface area contributed by atoms with E-state index in [1.165, 1.54) is 28.5 Å². The van der Waals surface area contributed by atoms with Crippen LogP contribution in [-0.2, 0) is 11.3 Å². The van der Waals surface area contributed by atoms with E-state index in [1.807, 2.05) is 36.5 Å². The molecule has 1 fully saturated rings. The highest BCUT2D eigenvalue weighted by Crippen LogP contribution is 2.36. The number of thioether (sulfide) groups is 1. The number of carbonyl (C=O) groups is 1. The van der Waals surface area contributed by atoms with Crippen LogP contribution < -0.4 is 16.2 Å². The molecule has 3 N–H and O–H groups in total. The molecule has 0 bridgehead atoms. The number of hydrazone groups is 1. The van der Waals surface area contributed by atoms with Crippen molar-refractivity contribution in [3.8, 4) is 0 Å². The number of amides is 1. The van der Waals surface area contributed by atoms with Crippen molar-refractivity contribution in [2.24, 2.45) is 5.10 Å². The second-order valence-corrected chi connectivity index (χ2v) is 9.42. The van der Waals surface area contributed by atoms with Gasteiger partial charge in [0.1, 0.15) is 6.17 Å². The minimum absolute atomic E-state index is 0.00476. The van der Waals surface area contributed by atoms with Gasteiger partial charge < -0.3 is 15.2 Å². The van der Waals surface area contributed by atoms with Gasteiger partial charge >= 0.3 is 0 Å². The molecule has 1 saturated heterocycles. The second kappa shape index (κ2) is 8.88. The molecule has 0 saturated carbocycles. The van der Waals surface area contributed by atoms with Crippen LogP contribution in [0, 0.1) is 13.8 Å². The lowest BCUT2D eigenvalue weighted by Crippen LogP contribution is -2.54. The van der Waals surface area contributed by atoms with E-state index in [2.05, 4.69) is 69.4 Å². The molecule has 3 aliphatic heterocycles. The zero-order valence-corrected chi connectivity index (χ0v) is 19.1. The molecule has 0 aliphatic carbocycles. The number of fused-ring (bicyclic) bond motifs is 3. The SMILES string of the molecule is Cc1ccc(C)c(C2CC3C4NN=C(SCC(=O)NCc5ccccc5)N4C=CN3N2)c1. The summed E-state index contributed by atoms with van der Waals surface area (Å²) in [5.41, 5.74) is 12.0. The van der Waals surface area contributed by atoms with E-state index >= 15 is 0 Å². The van der Waals surface area contributed by atoms with Crippen molar-refractivity contribution in [3.63, 3.8) is 0 Å². The number of amidine groups is 1. The van der Waals surface area contributed by atoms with Gasteiger partial charge in [0.25, 0.3) is 0 Å². The van der Waals surface area contributed by atoms with E-state index in [4.69, 9.17) is 0 Å². The highest BCUT2D eigenvalue weighted by atomic mass is 32.2. The van der Waals surface area contributed by atoms with Crippen LogP contribution in [0.5, 0.6) is 0 Å². The lowest BCUT2D eigenvalue weighted by molar-refractivity contribution is -0.118. The maximum absolute atomic E-state index is 12.3. The molecule has 3 unspecified atom stereocenters. The molecule has 2 aromatic carbocycles. The van der Waals surface area contributed by atoms with Gasteiger partial charge in [-0.05, 0) is 37.0 Å². The summed E-state index contributed by atoms with van der Waals surface area (Å²) in [5.74, 6) is 0.340. The Morgan fingerprint density at radius 2 is 2.03 bits per heavy atom. The summed E-state index contributed by atoms with van der Waals surface area (Å²) in [6, 6.07) is 17.1. The van der Waals surface area contributed by atoms with Crippen molar-refractivity contribution in [2.45, 2.75) is 45.1 Å². The van der Waals surface area contributed by atoms with Gasteiger partial charge in [0, 0.05) is 18.9 Å². The molecule has 0 spiro atoms. The molecule has 166 valence electrons. The third-order valence-corrected chi connectivity index (χ3v) is 7.15. The molecule has 8 heteroatoms. The van der Waals surface area contributed by atoms with Crippen LogP contribution in [0.4, 0.5) is 0 Å². The second-order valence-electron chi connectivity index (χ2n) is 8.48. The van der Waals surface area contributed by atoms with E-state index in [-0.39, 0.29) is 24.2 Å². The van der Waals surface area contributed by atoms with Crippen LogP contribution in [0.2, 0.25) is 0 Å². The molecule has 7 nitrogen and oxygen atoms in total. The standard InChI is InChI=1S/C24H28N6OS/c1-16-8-9-17(2)19(12-16)20-13-21-23-26-27-24(29(23)10-11-30(21)28-20)32-15-22(31)25-14-18-6-4-3-5-7-18/h3-12,20-21,23,26,28H,13-15H2,1-2H3,(H,25,31). The van der Waals surface area contributed by atoms with Gasteiger partial charge in [-0.15, -0.1) is 0 Å². The summed E-state index contributed by atoms with van der Waals surface area (Å²) < 4.78 is 0. The first-order valence-corrected chi connectivity index (χ1v) is 11.9. The largest absolute Gasteiger partial charge is 0.351 e. The van der Waals surface area contributed by atoms with Crippen LogP contribution in [0.3, 0.4) is 0 Å². The predicted octanol–water partition coefficient (Wildman–Crippen LogP) is 2.96. The summed E-state index contributed by atoms with van der Waals surface area (Å²) in [7, 11) is 0. The van der Waals surface area contributed by atoms with Crippen molar-refractivity contribution in [1.29, 1.82) is 0 Å². The third kappa shape index (κ3) is 4.20. The number of benzene rings is 2. The Morgan fingerprint density at radius 3 is 2.88 bits per heavy atom. The fourth-order valence-electron chi connectivity index (χ4n) is 4.47. The number of nitrogens with one attached hydrogen (secondary N) is 3. The van der Waals surface area contributed by atoms with E-state index in [0.29, 0.717) is 12.3 Å². The molecule has 5 rings (SSSR count). The van der Waals surface area contributed by atoms with Crippen LogP contribution in [0.25, 0.3) is 0 Å². The Balaban J connectivity index is 1.17. The number of hydrogen-bond donors (Lipinski definition) is 3. The van der Waals surface area contributed by atoms with Crippen LogP contribution >= 0.6 is 11.8 Å². The van der Waals surface area contributed by atoms with Crippen molar-refractivity contribution >= 4 is 22.8 Å². The van der Waals surface area contributed by atoms with Gasteiger partial charge in [-0.2, -0.15) is 5.10 Å². The van der Waals surface area contributed by atoms with Crippen molar-refractivity contribution in [1.82, 2.24) is 26.1 Å². The van der Waals surface area contributed by atoms with Gasteiger partial charge in [-0.1, -0.05) is 65.9 Å². The highest BCUT2D eigenvalue weighted by Gasteiger charge is 2.44. The lowest BCUT2D eigenvalue weighted by Gasteiger charge is -2.36. The number of nitrogens with zero attached hydrogens (tertiary/aromatic N) is 3. The maximum Gasteiger partial charge on any atom is 0.230 e. The molecular weight excluding hydrogens is 420 g/mol. The molecule has 1 amide bonds. The summed E-state index contributed by atoms with van der Waals surface area (Å²) in [6.07, 6.45) is 5.14. The van der Waals surface area contributed by atoms with Crippen molar-refractivity contribution in [3.05, 3.63) is 83.2 Å². The van der Waals surface area contributed by atoms with Gasteiger partial charge in [-0.25, -0.2) is 5.43 Å². The summed E-state index contributed by atoms with van der Waals surface area (Å²) >= 11 is 1.46. The molecule has 2 aromatic rings. The first-order chi connectivity index (χ1) is 15.6. The molecule has 0 radical (unpaired) electrons. The first kappa shape index (κ1) is 20.9. The Morgan fingerprint density at radius 1 is 1.19 bits per heavy atom. The number of aryl methyl sites for hydroxylation is 2. The number of hydrazine groups is 1. The maximum atomic E-state index is 12.3. The molecule has 3 aliphatic rings. The monoisotopic (exact) mass is 448 g/mol. The first-order valence-electron chi connectivity index (χ1n) is 10.9. The molecule has 3 atom stereocenters. The minimum Gasteiger partial charge on any atom is -0.351 e. The van der Waals surface area contributed by atoms with E-state index < -0.39 is 0 Å². The van der Waals surface area contributed by atoms with E-state index in [0.717, 1.165) is 17.2 Å². The minimum atomic E-state index is 0.00476. The Bertz CT molecular complexity index is 1060. The topological polar surface area (TPSA) is 72.0 Å². The quantitative estimate of drug-likeness (QED) is 0.653. The van der Waals surface area contributed by atoms with Crippen LogP contribution in [-0.4, -0.2) is 38.9 Å². The summed E-state index contributed by atoms with van der Waals surface area (Å²) in [5, 5.41) is 10.5. The number of carbonyl (C=O) groups excluding carboxylic acids is 1.